The van der Waals surface area contributed by atoms with Crippen LogP contribution in [0.4, 0.5) is 0 Å². The number of carbonyl (C=O) groups is 1. The summed E-state index contributed by atoms with van der Waals surface area (Å²) in [7, 11) is 0. The molecule has 0 bridgehead atoms. The van der Waals surface area contributed by atoms with E-state index in [0.717, 1.165) is 22.3 Å². The fourth-order valence-electron chi connectivity index (χ4n) is 2.88. The van der Waals surface area contributed by atoms with E-state index >= 15 is 0 Å². The van der Waals surface area contributed by atoms with Gasteiger partial charge in [0.1, 0.15) is 5.75 Å². The third-order valence-electron chi connectivity index (χ3n) is 4.19. The van der Waals surface area contributed by atoms with Crippen molar-refractivity contribution < 1.29 is 9.90 Å². The van der Waals surface area contributed by atoms with Crippen LogP contribution in [0.25, 0.3) is 16.7 Å². The van der Waals surface area contributed by atoms with Gasteiger partial charge in [-0.2, -0.15) is 0 Å². The van der Waals surface area contributed by atoms with Crippen molar-refractivity contribution in [2.75, 3.05) is 0 Å². The van der Waals surface area contributed by atoms with E-state index in [9.17, 15) is 9.90 Å². The molecular formula is C21H16N2O2. The Hall–Kier alpha value is -3.40. The van der Waals surface area contributed by atoms with E-state index in [4.69, 9.17) is 0 Å². The van der Waals surface area contributed by atoms with E-state index in [2.05, 4.69) is 4.98 Å². The number of carbonyl (C=O) groups excluding carboxylic acids is 1. The van der Waals surface area contributed by atoms with Crippen LogP contribution >= 0.6 is 0 Å². The molecule has 0 unspecified atom stereocenters. The molecule has 4 aromatic rings. The number of imidazole rings is 1. The van der Waals surface area contributed by atoms with Gasteiger partial charge in [-0.05, 0) is 43.3 Å². The van der Waals surface area contributed by atoms with E-state index in [0.29, 0.717) is 11.4 Å². The zero-order chi connectivity index (χ0) is 17.4. The first-order valence-electron chi connectivity index (χ1n) is 8.02. The number of phenolic OH excluding ortho intramolecular Hbond substituents is 1. The number of phenols is 1. The average Bonchev–Trinajstić information content (AvgIpc) is 3.02. The Kier molecular flexibility index (Phi) is 3.58. The summed E-state index contributed by atoms with van der Waals surface area (Å²) in [5.74, 6) is 0.402. The van der Waals surface area contributed by atoms with E-state index in [1.54, 1.807) is 24.3 Å². The number of benzene rings is 3. The minimum absolute atomic E-state index is 0.135. The van der Waals surface area contributed by atoms with E-state index < -0.39 is 0 Å². The average molecular weight is 328 g/mol. The van der Waals surface area contributed by atoms with Gasteiger partial charge in [-0.1, -0.05) is 42.0 Å². The number of rotatable bonds is 3. The number of nitrogens with zero attached hydrogens (tertiary/aromatic N) is 2. The second-order valence-electron chi connectivity index (χ2n) is 5.97. The Morgan fingerprint density at radius 1 is 0.920 bits per heavy atom. The van der Waals surface area contributed by atoms with Crippen molar-refractivity contribution in [1.82, 2.24) is 9.55 Å². The molecule has 0 saturated carbocycles. The Labute approximate surface area is 145 Å². The number of fused-ring (bicyclic) bond motifs is 1. The maximum absolute atomic E-state index is 13.1. The van der Waals surface area contributed by atoms with Gasteiger partial charge >= 0.3 is 0 Å². The van der Waals surface area contributed by atoms with Gasteiger partial charge < -0.3 is 5.11 Å². The Morgan fingerprint density at radius 2 is 1.60 bits per heavy atom. The van der Waals surface area contributed by atoms with Gasteiger partial charge in [-0.3, -0.25) is 9.36 Å². The van der Waals surface area contributed by atoms with Gasteiger partial charge in [-0.15, -0.1) is 0 Å². The molecule has 1 N–H and O–H groups in total. The second-order valence-corrected chi connectivity index (χ2v) is 5.97. The first-order chi connectivity index (χ1) is 12.1. The molecule has 0 aliphatic carbocycles. The molecule has 0 radical (unpaired) electrons. The number of hydrogen-bond donors (Lipinski definition) is 1. The van der Waals surface area contributed by atoms with Gasteiger partial charge in [0.25, 0.3) is 0 Å². The quantitative estimate of drug-likeness (QED) is 0.571. The Morgan fingerprint density at radius 3 is 2.32 bits per heavy atom. The molecule has 25 heavy (non-hydrogen) atoms. The van der Waals surface area contributed by atoms with Gasteiger partial charge in [-0.25, -0.2) is 4.98 Å². The van der Waals surface area contributed by atoms with Crippen molar-refractivity contribution in [3.05, 3.63) is 89.7 Å². The van der Waals surface area contributed by atoms with Crippen LogP contribution in [0.15, 0.2) is 72.8 Å². The first kappa shape index (κ1) is 15.1. The molecule has 4 heteroatoms. The summed E-state index contributed by atoms with van der Waals surface area (Å²) in [6.45, 7) is 1.99. The number of ketones is 1. The van der Waals surface area contributed by atoms with Gasteiger partial charge in [0.2, 0.25) is 5.78 Å². The zero-order valence-corrected chi connectivity index (χ0v) is 13.7. The molecule has 0 atom stereocenters. The summed E-state index contributed by atoms with van der Waals surface area (Å²) in [6.07, 6.45) is 0. The maximum Gasteiger partial charge on any atom is 0.228 e. The summed E-state index contributed by atoms with van der Waals surface area (Å²) in [5.41, 5.74) is 4.08. The molecule has 0 spiro atoms. The van der Waals surface area contributed by atoms with Crippen molar-refractivity contribution in [3.8, 4) is 11.4 Å². The highest BCUT2D eigenvalue weighted by molar-refractivity contribution is 6.08. The summed E-state index contributed by atoms with van der Waals surface area (Å²) in [5, 5.41) is 9.56. The van der Waals surface area contributed by atoms with Crippen LogP contribution in [0.3, 0.4) is 0 Å². The Balaban J connectivity index is 1.94. The molecule has 4 rings (SSSR count). The molecule has 0 aliphatic rings. The molecule has 0 saturated heterocycles. The smallest absolute Gasteiger partial charge is 0.228 e. The van der Waals surface area contributed by atoms with Crippen LogP contribution < -0.4 is 0 Å². The van der Waals surface area contributed by atoms with Crippen LogP contribution in [0.5, 0.6) is 5.75 Å². The van der Waals surface area contributed by atoms with Crippen molar-refractivity contribution in [2.24, 2.45) is 0 Å². The lowest BCUT2D eigenvalue weighted by molar-refractivity contribution is 0.102. The molecule has 122 valence electrons. The predicted octanol–water partition coefficient (Wildman–Crippen LogP) is 4.27. The van der Waals surface area contributed by atoms with Gasteiger partial charge in [0.15, 0.2) is 5.82 Å². The molecule has 0 fully saturated rings. The van der Waals surface area contributed by atoms with Crippen molar-refractivity contribution in [2.45, 2.75) is 6.92 Å². The third kappa shape index (κ3) is 2.68. The van der Waals surface area contributed by atoms with Gasteiger partial charge in [0.05, 0.1) is 11.0 Å². The van der Waals surface area contributed by atoms with Crippen molar-refractivity contribution in [1.29, 1.82) is 0 Å². The normalized spacial score (nSPS) is 10.9. The summed E-state index contributed by atoms with van der Waals surface area (Å²) in [4.78, 5) is 17.6. The van der Waals surface area contributed by atoms with Crippen molar-refractivity contribution in [3.63, 3.8) is 0 Å². The highest BCUT2D eigenvalue weighted by Crippen LogP contribution is 2.24. The fourth-order valence-corrected chi connectivity index (χ4v) is 2.88. The monoisotopic (exact) mass is 328 g/mol. The second kappa shape index (κ2) is 5.91. The zero-order valence-electron chi connectivity index (χ0n) is 13.7. The number of aromatic nitrogens is 2. The molecule has 1 aromatic heterocycles. The molecule has 0 amide bonds. The van der Waals surface area contributed by atoms with E-state index in [-0.39, 0.29) is 11.5 Å². The number of para-hydroxylation sites is 2. The SMILES string of the molecule is Cc1ccc(C(=O)c2nc3ccccc3n2-c2ccc(O)cc2)cc1. The fraction of sp³-hybridized carbons (Fsp3) is 0.0476. The third-order valence-corrected chi connectivity index (χ3v) is 4.19. The lowest BCUT2D eigenvalue weighted by Crippen LogP contribution is -2.10. The molecular weight excluding hydrogens is 312 g/mol. The molecule has 3 aromatic carbocycles. The molecule has 4 nitrogen and oxygen atoms in total. The first-order valence-corrected chi connectivity index (χ1v) is 8.02. The number of aromatic hydroxyl groups is 1. The summed E-state index contributed by atoms with van der Waals surface area (Å²) < 4.78 is 1.83. The highest BCUT2D eigenvalue weighted by Gasteiger charge is 2.20. The maximum atomic E-state index is 13.1. The standard InChI is InChI=1S/C21H16N2O2/c1-14-6-8-15(9-7-14)20(25)21-22-18-4-2-3-5-19(18)23(21)16-10-12-17(24)13-11-16/h2-13,24H,1H3. The topological polar surface area (TPSA) is 55.1 Å². The van der Waals surface area contributed by atoms with Crippen molar-refractivity contribution >= 4 is 16.8 Å². The van der Waals surface area contributed by atoms with Crippen LogP contribution in [-0.4, -0.2) is 20.4 Å². The van der Waals surface area contributed by atoms with Crippen LogP contribution in [0, 0.1) is 6.92 Å². The lowest BCUT2D eigenvalue weighted by Gasteiger charge is -2.09. The predicted molar refractivity (Wildman–Crippen MR) is 97.3 cm³/mol. The van der Waals surface area contributed by atoms with Crippen LogP contribution in [0.2, 0.25) is 0 Å². The summed E-state index contributed by atoms with van der Waals surface area (Å²) >= 11 is 0. The van der Waals surface area contributed by atoms with Crippen LogP contribution in [0.1, 0.15) is 21.7 Å². The lowest BCUT2D eigenvalue weighted by atomic mass is 10.1. The van der Waals surface area contributed by atoms with E-state index in [1.807, 2.05) is 60.0 Å². The Bertz CT molecular complexity index is 1060. The summed E-state index contributed by atoms with van der Waals surface area (Å²) in [6, 6.07) is 21.9. The van der Waals surface area contributed by atoms with Gasteiger partial charge in [0, 0.05) is 11.3 Å². The largest absolute Gasteiger partial charge is 0.508 e. The molecule has 1 heterocycles. The minimum Gasteiger partial charge on any atom is -0.508 e. The highest BCUT2D eigenvalue weighted by atomic mass is 16.3. The van der Waals surface area contributed by atoms with E-state index in [1.165, 1.54) is 0 Å². The minimum atomic E-state index is -0.135. The number of hydrogen-bond acceptors (Lipinski definition) is 3. The molecule has 0 aliphatic heterocycles. The number of aryl methyl sites for hydroxylation is 1. The van der Waals surface area contributed by atoms with Crippen LogP contribution in [-0.2, 0) is 0 Å².